The van der Waals surface area contributed by atoms with E-state index in [2.05, 4.69) is 9.62 Å². The molecule has 8 heteroatoms. The van der Waals surface area contributed by atoms with Crippen LogP contribution in [0.4, 0.5) is 10.1 Å². The zero-order valence-corrected chi connectivity index (χ0v) is 20.6. The summed E-state index contributed by atoms with van der Waals surface area (Å²) in [5.41, 5.74) is 1.93. The number of carbonyl (C=O) groups is 1. The average molecular weight is 476 g/mol. The largest absolute Gasteiger partial charge is 0.371 e. The van der Waals surface area contributed by atoms with Gasteiger partial charge in [0, 0.05) is 31.9 Å². The van der Waals surface area contributed by atoms with Crippen LogP contribution in [0.15, 0.2) is 53.4 Å². The van der Waals surface area contributed by atoms with E-state index < -0.39 is 16.1 Å². The fourth-order valence-electron chi connectivity index (χ4n) is 4.23. The van der Waals surface area contributed by atoms with E-state index in [9.17, 15) is 17.6 Å². The molecular formula is C25H34FN3O3S. The zero-order chi connectivity index (χ0) is 24.2. The second-order valence-electron chi connectivity index (χ2n) is 9.26. The van der Waals surface area contributed by atoms with Gasteiger partial charge in [0.05, 0.1) is 4.90 Å². The highest BCUT2D eigenvalue weighted by molar-refractivity contribution is 7.89. The van der Waals surface area contributed by atoms with Crippen LogP contribution in [0.1, 0.15) is 38.7 Å². The van der Waals surface area contributed by atoms with Crippen LogP contribution < -0.4 is 9.62 Å². The van der Waals surface area contributed by atoms with Crippen LogP contribution in [0.2, 0.25) is 0 Å². The summed E-state index contributed by atoms with van der Waals surface area (Å²) < 4.78 is 41.8. The second-order valence-corrected chi connectivity index (χ2v) is 11.0. The van der Waals surface area contributed by atoms with Crippen LogP contribution >= 0.6 is 0 Å². The predicted octanol–water partition coefficient (Wildman–Crippen LogP) is 3.95. The number of hydrogen-bond donors (Lipinski definition) is 1. The SMILES string of the molecule is Cc1ccc(S(=O)(=O)NC(CC(C)C)C(=O)N(C)C2CCN(c3ccc(F)cc3)CC2)cc1. The molecule has 1 aliphatic rings. The molecule has 0 spiro atoms. The molecule has 1 aliphatic heterocycles. The molecule has 0 saturated carbocycles. The summed E-state index contributed by atoms with van der Waals surface area (Å²) in [7, 11) is -2.06. The Hall–Kier alpha value is -2.45. The van der Waals surface area contributed by atoms with E-state index in [1.807, 2.05) is 20.8 Å². The Labute approximate surface area is 196 Å². The molecule has 0 aliphatic carbocycles. The van der Waals surface area contributed by atoms with Crippen LogP contribution in [-0.4, -0.2) is 51.4 Å². The third-order valence-electron chi connectivity index (χ3n) is 6.19. The Kier molecular flexibility index (Phi) is 8.13. The molecule has 0 bridgehead atoms. The maximum atomic E-state index is 13.4. The standard InChI is InChI=1S/C25H34FN3O3S/c1-18(2)17-24(27-33(31,32)23-11-5-19(3)6-12-23)25(30)28(4)21-13-15-29(16-14-21)22-9-7-20(26)8-10-22/h5-12,18,21,24,27H,13-17H2,1-4H3. The molecule has 0 radical (unpaired) electrons. The molecule has 3 rings (SSSR count). The van der Waals surface area contributed by atoms with Crippen molar-refractivity contribution in [1.82, 2.24) is 9.62 Å². The minimum atomic E-state index is -3.82. The number of anilines is 1. The Morgan fingerprint density at radius 1 is 1.09 bits per heavy atom. The molecule has 1 heterocycles. The van der Waals surface area contributed by atoms with Crippen LogP contribution in [0.3, 0.4) is 0 Å². The minimum Gasteiger partial charge on any atom is -0.371 e. The molecule has 1 saturated heterocycles. The Morgan fingerprint density at radius 2 is 1.67 bits per heavy atom. The van der Waals surface area contributed by atoms with E-state index in [0.717, 1.165) is 37.2 Å². The van der Waals surface area contributed by atoms with Gasteiger partial charge in [0.2, 0.25) is 15.9 Å². The second kappa shape index (κ2) is 10.7. The summed E-state index contributed by atoms with van der Waals surface area (Å²) in [4.78, 5) is 17.4. The fraction of sp³-hybridized carbons (Fsp3) is 0.480. The number of halogens is 1. The lowest BCUT2D eigenvalue weighted by molar-refractivity contribution is -0.134. The lowest BCUT2D eigenvalue weighted by atomic mass is 9.99. The molecule has 2 aromatic carbocycles. The topological polar surface area (TPSA) is 69.7 Å². The van der Waals surface area contributed by atoms with Crippen molar-refractivity contribution in [2.24, 2.45) is 5.92 Å². The Morgan fingerprint density at radius 3 is 2.21 bits per heavy atom. The highest BCUT2D eigenvalue weighted by Gasteiger charge is 2.33. The molecular weight excluding hydrogens is 441 g/mol. The number of aryl methyl sites for hydroxylation is 1. The van der Waals surface area contributed by atoms with Gasteiger partial charge in [-0.25, -0.2) is 12.8 Å². The van der Waals surface area contributed by atoms with E-state index in [0.29, 0.717) is 6.42 Å². The first-order valence-corrected chi connectivity index (χ1v) is 12.9. The third-order valence-corrected chi connectivity index (χ3v) is 7.67. The molecule has 180 valence electrons. The summed E-state index contributed by atoms with van der Waals surface area (Å²) in [6.45, 7) is 7.34. The highest BCUT2D eigenvalue weighted by Crippen LogP contribution is 2.24. The van der Waals surface area contributed by atoms with E-state index in [-0.39, 0.29) is 28.6 Å². The number of benzene rings is 2. The quantitative estimate of drug-likeness (QED) is 0.628. The number of rotatable bonds is 8. The van der Waals surface area contributed by atoms with Gasteiger partial charge in [0.1, 0.15) is 11.9 Å². The van der Waals surface area contributed by atoms with E-state index in [1.54, 1.807) is 48.3 Å². The molecule has 1 unspecified atom stereocenters. The molecule has 1 atom stereocenters. The summed E-state index contributed by atoms with van der Waals surface area (Å²) in [5.74, 6) is -0.323. The van der Waals surface area contributed by atoms with Gasteiger partial charge in [0.25, 0.3) is 0 Å². The number of nitrogens with one attached hydrogen (secondary N) is 1. The van der Waals surface area contributed by atoms with Crippen molar-refractivity contribution in [3.05, 3.63) is 59.9 Å². The highest BCUT2D eigenvalue weighted by atomic mass is 32.2. The van der Waals surface area contributed by atoms with Gasteiger partial charge in [-0.2, -0.15) is 4.72 Å². The number of likely N-dealkylation sites (N-methyl/N-ethyl adjacent to an activating group) is 1. The van der Waals surface area contributed by atoms with Crippen molar-refractivity contribution in [3.63, 3.8) is 0 Å². The van der Waals surface area contributed by atoms with Crippen molar-refractivity contribution in [1.29, 1.82) is 0 Å². The molecule has 0 aromatic heterocycles. The van der Waals surface area contributed by atoms with Crippen LogP contribution in [0.25, 0.3) is 0 Å². The minimum absolute atomic E-state index is 0.0211. The summed E-state index contributed by atoms with van der Waals surface area (Å²) in [5, 5.41) is 0. The number of nitrogens with zero attached hydrogens (tertiary/aromatic N) is 2. The zero-order valence-electron chi connectivity index (χ0n) is 19.8. The summed E-state index contributed by atoms with van der Waals surface area (Å²) >= 11 is 0. The van der Waals surface area contributed by atoms with Gasteiger partial charge in [-0.3, -0.25) is 4.79 Å². The molecule has 1 amide bonds. The maximum Gasteiger partial charge on any atom is 0.241 e. The van der Waals surface area contributed by atoms with Gasteiger partial charge in [-0.05, 0) is 68.5 Å². The van der Waals surface area contributed by atoms with Crippen LogP contribution in [-0.2, 0) is 14.8 Å². The predicted molar refractivity (Wildman–Crippen MR) is 129 cm³/mol. The van der Waals surface area contributed by atoms with E-state index in [4.69, 9.17) is 0 Å². The number of carbonyl (C=O) groups excluding carboxylic acids is 1. The monoisotopic (exact) mass is 475 g/mol. The lowest BCUT2D eigenvalue weighted by Gasteiger charge is -2.39. The molecule has 1 fully saturated rings. The number of sulfonamides is 1. The van der Waals surface area contributed by atoms with Crippen molar-refractivity contribution in [3.8, 4) is 0 Å². The first kappa shape index (κ1) is 25.2. The van der Waals surface area contributed by atoms with Crippen molar-refractivity contribution < 1.29 is 17.6 Å². The van der Waals surface area contributed by atoms with Crippen molar-refractivity contribution in [2.45, 2.75) is 57.0 Å². The van der Waals surface area contributed by atoms with Gasteiger partial charge >= 0.3 is 0 Å². The summed E-state index contributed by atoms with van der Waals surface area (Å²) in [6.07, 6.45) is 1.94. The number of amides is 1. The van der Waals surface area contributed by atoms with Gasteiger partial charge in [0.15, 0.2) is 0 Å². The Bertz CT molecular complexity index is 1030. The summed E-state index contributed by atoms with van der Waals surface area (Å²) in [6, 6.07) is 12.2. The molecule has 1 N–H and O–H groups in total. The molecule has 6 nitrogen and oxygen atoms in total. The third kappa shape index (κ3) is 6.54. The first-order chi connectivity index (χ1) is 15.6. The maximum absolute atomic E-state index is 13.4. The van der Waals surface area contributed by atoms with Gasteiger partial charge < -0.3 is 9.80 Å². The van der Waals surface area contributed by atoms with Gasteiger partial charge in [-0.1, -0.05) is 31.5 Å². The number of hydrogen-bond acceptors (Lipinski definition) is 4. The van der Waals surface area contributed by atoms with E-state index in [1.165, 1.54) is 12.1 Å². The lowest BCUT2D eigenvalue weighted by Crippen LogP contribution is -2.53. The first-order valence-electron chi connectivity index (χ1n) is 11.4. The Balaban J connectivity index is 1.67. The smallest absolute Gasteiger partial charge is 0.241 e. The molecule has 2 aromatic rings. The fourth-order valence-corrected chi connectivity index (χ4v) is 5.43. The normalized spacial score (nSPS) is 16.1. The van der Waals surface area contributed by atoms with Crippen molar-refractivity contribution >= 4 is 21.6 Å². The van der Waals surface area contributed by atoms with Crippen LogP contribution in [0, 0.1) is 18.7 Å². The van der Waals surface area contributed by atoms with Crippen molar-refractivity contribution in [2.75, 3.05) is 25.0 Å². The molecule has 33 heavy (non-hydrogen) atoms. The van der Waals surface area contributed by atoms with Gasteiger partial charge in [-0.15, -0.1) is 0 Å². The average Bonchev–Trinajstić information content (AvgIpc) is 2.78. The van der Waals surface area contributed by atoms with E-state index >= 15 is 0 Å². The van der Waals surface area contributed by atoms with Crippen LogP contribution in [0.5, 0.6) is 0 Å². The number of piperidine rings is 1.